The first-order chi connectivity index (χ1) is 13.0. The predicted molar refractivity (Wildman–Crippen MR) is 102 cm³/mol. The molecule has 2 aromatic carbocycles. The van der Waals surface area contributed by atoms with E-state index in [1.807, 2.05) is 0 Å². The van der Waals surface area contributed by atoms with Crippen molar-refractivity contribution < 1.29 is 31.5 Å². The van der Waals surface area contributed by atoms with Crippen molar-refractivity contribution in [3.8, 4) is 5.75 Å². The summed E-state index contributed by atoms with van der Waals surface area (Å²) in [7, 11) is -7.77. The number of carboxylic acid groups (broad SMARTS) is 1. The number of nitrogens with two attached hydrogens (primary N) is 1. The van der Waals surface area contributed by atoms with E-state index in [1.54, 1.807) is 6.92 Å². The van der Waals surface area contributed by atoms with Crippen molar-refractivity contribution in [3.05, 3.63) is 48.0 Å². The molecule has 0 aliphatic rings. The maximum Gasteiger partial charge on any atom is 0.303 e. The topological polar surface area (TPSA) is 153 Å². The van der Waals surface area contributed by atoms with E-state index in [4.69, 9.17) is 15.0 Å². The van der Waals surface area contributed by atoms with Gasteiger partial charge in [-0.3, -0.25) is 9.52 Å². The molecule has 4 N–H and O–H groups in total. The van der Waals surface area contributed by atoms with Gasteiger partial charge in [0.1, 0.15) is 5.75 Å². The molecule has 0 aromatic heterocycles. The molecule has 0 saturated carbocycles. The number of rotatable bonds is 9. The van der Waals surface area contributed by atoms with Crippen LogP contribution in [0.15, 0.2) is 52.3 Å². The van der Waals surface area contributed by atoms with Gasteiger partial charge in [0.25, 0.3) is 10.0 Å². The van der Waals surface area contributed by atoms with Crippen molar-refractivity contribution in [2.75, 3.05) is 11.3 Å². The maximum absolute atomic E-state index is 12.5. The fraction of sp³-hybridized carbons (Fsp3) is 0.235. The molecule has 0 unspecified atom stereocenters. The highest BCUT2D eigenvalue weighted by atomic mass is 32.2. The summed E-state index contributed by atoms with van der Waals surface area (Å²) in [4.78, 5) is 10.4. The summed E-state index contributed by atoms with van der Waals surface area (Å²) in [6.07, 6.45) is 0.324. The van der Waals surface area contributed by atoms with Gasteiger partial charge in [0.05, 0.1) is 16.4 Å². The van der Waals surface area contributed by atoms with E-state index in [2.05, 4.69) is 4.72 Å². The van der Waals surface area contributed by atoms with Crippen molar-refractivity contribution in [2.24, 2.45) is 5.14 Å². The Morgan fingerprint density at radius 3 is 2.21 bits per heavy atom. The minimum absolute atomic E-state index is 0.00147. The predicted octanol–water partition coefficient (Wildman–Crippen LogP) is 1.69. The van der Waals surface area contributed by atoms with E-state index in [-0.39, 0.29) is 28.5 Å². The Hall–Kier alpha value is -2.63. The molecule has 0 radical (unpaired) electrons. The Balaban J connectivity index is 2.10. The third-order valence-corrected chi connectivity index (χ3v) is 5.99. The molecule has 0 aliphatic carbocycles. The Labute approximate surface area is 163 Å². The number of aryl methyl sites for hydroxylation is 1. The van der Waals surface area contributed by atoms with Crippen LogP contribution in [0.3, 0.4) is 0 Å². The normalized spacial score (nSPS) is 11.8. The van der Waals surface area contributed by atoms with Gasteiger partial charge in [0.2, 0.25) is 10.0 Å². The molecule has 28 heavy (non-hydrogen) atoms. The lowest BCUT2D eigenvalue weighted by atomic mass is 10.2. The molecule has 0 atom stereocenters. The standard InChI is InChI=1S/C17H20N2O7S2/c1-12-11-15(8-9-16(12)26-10-2-3-17(20)21)28(24,25)19-13-4-6-14(7-5-13)27(18,22)23/h4-9,11,19H,2-3,10H2,1H3,(H,20,21)(H2,18,22,23). The van der Waals surface area contributed by atoms with E-state index in [0.717, 1.165) is 0 Å². The molecule has 152 valence electrons. The largest absolute Gasteiger partial charge is 0.493 e. The molecule has 2 rings (SSSR count). The van der Waals surface area contributed by atoms with Gasteiger partial charge in [0.15, 0.2) is 0 Å². The lowest BCUT2D eigenvalue weighted by Crippen LogP contribution is -2.14. The van der Waals surface area contributed by atoms with Crippen molar-refractivity contribution >= 4 is 31.7 Å². The highest BCUT2D eigenvalue weighted by molar-refractivity contribution is 7.92. The summed E-state index contributed by atoms with van der Waals surface area (Å²) in [6, 6.07) is 9.27. The van der Waals surface area contributed by atoms with Gasteiger partial charge < -0.3 is 9.84 Å². The average Bonchev–Trinajstić information content (AvgIpc) is 2.59. The molecule has 2 aromatic rings. The molecule has 0 bridgehead atoms. The number of primary sulfonamides is 1. The fourth-order valence-electron chi connectivity index (χ4n) is 2.28. The first-order valence-electron chi connectivity index (χ1n) is 8.10. The first-order valence-corrected chi connectivity index (χ1v) is 11.1. The van der Waals surface area contributed by atoms with Crippen LogP contribution >= 0.6 is 0 Å². The van der Waals surface area contributed by atoms with Gasteiger partial charge in [-0.05, 0) is 61.4 Å². The summed E-state index contributed by atoms with van der Waals surface area (Å²) in [5.41, 5.74) is 0.752. The number of ether oxygens (including phenoxy) is 1. The zero-order chi connectivity index (χ0) is 20.9. The second-order valence-electron chi connectivity index (χ2n) is 5.95. The first kappa shape index (κ1) is 21.7. The smallest absolute Gasteiger partial charge is 0.303 e. The quantitative estimate of drug-likeness (QED) is 0.514. The van der Waals surface area contributed by atoms with E-state index >= 15 is 0 Å². The van der Waals surface area contributed by atoms with Gasteiger partial charge in [-0.15, -0.1) is 0 Å². The summed E-state index contributed by atoms with van der Waals surface area (Å²) in [5, 5.41) is 13.6. The number of anilines is 1. The summed E-state index contributed by atoms with van der Waals surface area (Å²) >= 11 is 0. The van der Waals surface area contributed by atoms with Crippen LogP contribution in [0.25, 0.3) is 0 Å². The van der Waals surface area contributed by atoms with Crippen molar-refractivity contribution in [3.63, 3.8) is 0 Å². The van der Waals surface area contributed by atoms with Crippen LogP contribution in [0.2, 0.25) is 0 Å². The van der Waals surface area contributed by atoms with Gasteiger partial charge in [-0.25, -0.2) is 22.0 Å². The van der Waals surface area contributed by atoms with Crippen LogP contribution in [-0.4, -0.2) is 34.5 Å². The van der Waals surface area contributed by atoms with Crippen molar-refractivity contribution in [1.29, 1.82) is 0 Å². The van der Waals surface area contributed by atoms with Gasteiger partial charge in [-0.2, -0.15) is 0 Å². The Bertz CT molecular complexity index is 1060. The Morgan fingerprint density at radius 1 is 1.07 bits per heavy atom. The third kappa shape index (κ3) is 5.94. The van der Waals surface area contributed by atoms with E-state index < -0.39 is 26.0 Å². The number of hydrogen-bond acceptors (Lipinski definition) is 6. The van der Waals surface area contributed by atoms with Crippen LogP contribution in [0, 0.1) is 6.92 Å². The molecular weight excluding hydrogens is 408 g/mol. The van der Waals surface area contributed by atoms with Crippen molar-refractivity contribution in [1.82, 2.24) is 0 Å². The average molecular weight is 428 g/mol. The number of hydrogen-bond donors (Lipinski definition) is 3. The summed E-state index contributed by atoms with van der Waals surface area (Å²) < 4.78 is 55.4. The van der Waals surface area contributed by atoms with Gasteiger partial charge in [0, 0.05) is 12.1 Å². The molecule has 11 heteroatoms. The summed E-state index contributed by atoms with van der Waals surface area (Å²) in [5.74, 6) is -0.452. The minimum Gasteiger partial charge on any atom is -0.493 e. The molecule has 0 spiro atoms. The fourth-order valence-corrected chi connectivity index (χ4v) is 3.94. The molecular formula is C17H20N2O7S2. The van der Waals surface area contributed by atoms with Crippen molar-refractivity contribution in [2.45, 2.75) is 29.6 Å². The summed E-state index contributed by atoms with van der Waals surface area (Å²) in [6.45, 7) is 1.88. The zero-order valence-corrected chi connectivity index (χ0v) is 16.6. The SMILES string of the molecule is Cc1cc(S(=O)(=O)Nc2ccc(S(N)(=O)=O)cc2)ccc1OCCCC(=O)O. The maximum atomic E-state index is 12.5. The highest BCUT2D eigenvalue weighted by Gasteiger charge is 2.16. The molecule has 0 saturated heterocycles. The van der Waals surface area contributed by atoms with E-state index in [0.29, 0.717) is 17.7 Å². The lowest BCUT2D eigenvalue weighted by molar-refractivity contribution is -0.137. The number of sulfonamides is 2. The number of nitrogens with one attached hydrogen (secondary N) is 1. The van der Waals surface area contributed by atoms with Gasteiger partial charge >= 0.3 is 5.97 Å². The lowest BCUT2D eigenvalue weighted by Gasteiger charge is -2.12. The second kappa shape index (κ2) is 8.59. The second-order valence-corrected chi connectivity index (χ2v) is 9.19. The Kier molecular flexibility index (Phi) is 6.65. The number of carboxylic acids is 1. The van der Waals surface area contributed by atoms with E-state index in [9.17, 15) is 21.6 Å². The molecule has 0 amide bonds. The third-order valence-electron chi connectivity index (χ3n) is 3.68. The minimum atomic E-state index is -3.90. The Morgan fingerprint density at radius 2 is 1.68 bits per heavy atom. The molecule has 0 fully saturated rings. The number of benzene rings is 2. The monoisotopic (exact) mass is 428 g/mol. The van der Waals surface area contributed by atoms with Crippen LogP contribution in [0.4, 0.5) is 5.69 Å². The van der Waals surface area contributed by atoms with Crippen LogP contribution in [0.1, 0.15) is 18.4 Å². The number of aliphatic carboxylic acids is 1. The highest BCUT2D eigenvalue weighted by Crippen LogP contribution is 2.24. The van der Waals surface area contributed by atoms with E-state index in [1.165, 1.54) is 42.5 Å². The van der Waals surface area contributed by atoms with Crippen LogP contribution < -0.4 is 14.6 Å². The molecule has 9 nitrogen and oxygen atoms in total. The van der Waals surface area contributed by atoms with Gasteiger partial charge in [-0.1, -0.05) is 0 Å². The number of carbonyl (C=O) groups is 1. The molecule has 0 aliphatic heterocycles. The molecule has 0 heterocycles. The zero-order valence-electron chi connectivity index (χ0n) is 15.0. The van der Waals surface area contributed by atoms with Crippen LogP contribution in [-0.2, 0) is 24.8 Å². The van der Waals surface area contributed by atoms with Crippen LogP contribution in [0.5, 0.6) is 5.75 Å².